The first kappa shape index (κ1) is 15.6. The molecule has 23 heavy (non-hydrogen) atoms. The molecule has 0 aliphatic carbocycles. The van der Waals surface area contributed by atoms with Crippen molar-refractivity contribution in [3.05, 3.63) is 33.1 Å². The van der Waals surface area contributed by atoms with Gasteiger partial charge in [-0.1, -0.05) is 0 Å². The van der Waals surface area contributed by atoms with E-state index >= 15 is 0 Å². The van der Waals surface area contributed by atoms with Crippen LogP contribution in [-0.4, -0.2) is 61.3 Å². The lowest BCUT2D eigenvalue weighted by molar-refractivity contribution is -0.145. The number of hydrogen-bond acceptors (Lipinski definition) is 7. The SMILES string of the molecule is O=C1CCC(=O)N1C1C(O)C(CO)OC1n1ccc(=O)[nH]c1=O. The van der Waals surface area contributed by atoms with Gasteiger partial charge in [0.15, 0.2) is 6.23 Å². The first-order valence-corrected chi connectivity index (χ1v) is 7.05. The maximum Gasteiger partial charge on any atom is 0.330 e. The van der Waals surface area contributed by atoms with Gasteiger partial charge in [0.2, 0.25) is 11.8 Å². The number of hydrogen-bond donors (Lipinski definition) is 3. The van der Waals surface area contributed by atoms with E-state index in [9.17, 15) is 29.4 Å². The van der Waals surface area contributed by atoms with E-state index in [0.717, 1.165) is 21.7 Å². The van der Waals surface area contributed by atoms with Crippen LogP contribution in [0.5, 0.6) is 0 Å². The molecule has 4 unspecified atom stereocenters. The summed E-state index contributed by atoms with van der Waals surface area (Å²) in [7, 11) is 0. The molecule has 1 aromatic heterocycles. The van der Waals surface area contributed by atoms with Crippen LogP contribution in [-0.2, 0) is 14.3 Å². The number of ether oxygens (including phenoxy) is 1. The lowest BCUT2D eigenvalue weighted by atomic mass is 10.1. The topological polar surface area (TPSA) is 142 Å². The van der Waals surface area contributed by atoms with Crippen molar-refractivity contribution in [2.75, 3.05) is 6.61 Å². The largest absolute Gasteiger partial charge is 0.394 e. The molecule has 3 N–H and O–H groups in total. The third-order valence-electron chi connectivity index (χ3n) is 4.03. The number of likely N-dealkylation sites (tertiary alicyclic amines) is 1. The van der Waals surface area contributed by atoms with Crippen molar-refractivity contribution in [3.8, 4) is 0 Å². The minimum atomic E-state index is -1.35. The number of carbonyl (C=O) groups is 2. The van der Waals surface area contributed by atoms with Crippen LogP contribution in [0.4, 0.5) is 0 Å². The summed E-state index contributed by atoms with van der Waals surface area (Å²) in [5.41, 5.74) is -1.43. The Kier molecular flexibility index (Phi) is 3.88. The molecule has 3 rings (SSSR count). The molecule has 1 aromatic rings. The second kappa shape index (κ2) is 5.72. The molecule has 0 bridgehead atoms. The summed E-state index contributed by atoms with van der Waals surface area (Å²) in [6, 6.07) is -0.0769. The van der Waals surface area contributed by atoms with Gasteiger partial charge >= 0.3 is 5.69 Å². The summed E-state index contributed by atoms with van der Waals surface area (Å²) in [5, 5.41) is 19.6. The smallest absolute Gasteiger partial charge is 0.330 e. The molecule has 0 spiro atoms. The van der Waals surface area contributed by atoms with Gasteiger partial charge in [0.25, 0.3) is 5.56 Å². The van der Waals surface area contributed by atoms with E-state index in [1.54, 1.807) is 0 Å². The fourth-order valence-corrected chi connectivity index (χ4v) is 2.94. The lowest BCUT2D eigenvalue weighted by Crippen LogP contribution is -2.50. The molecule has 2 fully saturated rings. The van der Waals surface area contributed by atoms with E-state index < -0.39 is 54.1 Å². The number of aromatic amines is 1. The van der Waals surface area contributed by atoms with Crippen molar-refractivity contribution in [3.63, 3.8) is 0 Å². The highest BCUT2D eigenvalue weighted by Gasteiger charge is 2.52. The first-order chi connectivity index (χ1) is 10.9. The summed E-state index contributed by atoms with van der Waals surface area (Å²) in [6.45, 7) is -0.553. The van der Waals surface area contributed by atoms with E-state index in [-0.39, 0.29) is 12.8 Å². The minimum Gasteiger partial charge on any atom is -0.394 e. The summed E-state index contributed by atoms with van der Waals surface area (Å²) in [5.74, 6) is -0.965. The highest BCUT2D eigenvalue weighted by Crippen LogP contribution is 2.34. The van der Waals surface area contributed by atoms with Crippen LogP contribution in [0.1, 0.15) is 19.1 Å². The van der Waals surface area contributed by atoms with Gasteiger partial charge in [0.1, 0.15) is 18.2 Å². The van der Waals surface area contributed by atoms with Gasteiger partial charge in [-0.05, 0) is 0 Å². The van der Waals surface area contributed by atoms with Crippen LogP contribution < -0.4 is 11.2 Å². The summed E-state index contributed by atoms with van der Waals surface area (Å²) >= 11 is 0. The van der Waals surface area contributed by atoms with Gasteiger partial charge < -0.3 is 14.9 Å². The van der Waals surface area contributed by atoms with Crippen LogP contribution in [0.2, 0.25) is 0 Å². The van der Waals surface area contributed by atoms with Crippen molar-refractivity contribution >= 4 is 11.8 Å². The van der Waals surface area contributed by atoms with E-state index in [1.165, 1.54) is 0 Å². The molecule has 0 radical (unpaired) electrons. The number of rotatable bonds is 3. The van der Waals surface area contributed by atoms with Crippen molar-refractivity contribution < 1.29 is 24.5 Å². The van der Waals surface area contributed by atoms with Crippen LogP contribution >= 0.6 is 0 Å². The number of aliphatic hydroxyl groups excluding tert-OH is 2. The Labute approximate surface area is 128 Å². The predicted octanol–water partition coefficient (Wildman–Crippen LogP) is -2.70. The van der Waals surface area contributed by atoms with E-state index in [0.29, 0.717) is 0 Å². The number of H-pyrrole nitrogens is 1. The number of nitrogens with zero attached hydrogens (tertiary/aromatic N) is 2. The molecule has 2 saturated heterocycles. The minimum absolute atomic E-state index is 0.0130. The Morgan fingerprint density at radius 2 is 1.87 bits per heavy atom. The quantitative estimate of drug-likeness (QED) is 0.513. The normalized spacial score (nSPS) is 31.1. The second-order valence-corrected chi connectivity index (χ2v) is 5.40. The molecule has 2 amide bonds. The molecule has 4 atom stereocenters. The number of aliphatic hydroxyl groups is 2. The number of nitrogens with one attached hydrogen (secondary N) is 1. The summed E-state index contributed by atoms with van der Waals surface area (Å²) in [6.07, 6.45) is -2.44. The molecule has 2 aliphatic rings. The molecule has 10 heteroatoms. The zero-order chi connectivity index (χ0) is 16.7. The van der Waals surface area contributed by atoms with Gasteiger partial charge in [-0.2, -0.15) is 0 Å². The molecule has 10 nitrogen and oxygen atoms in total. The van der Waals surface area contributed by atoms with E-state index in [1.807, 2.05) is 4.98 Å². The number of aromatic nitrogens is 2. The summed E-state index contributed by atoms with van der Waals surface area (Å²) in [4.78, 5) is 49.9. The molecular formula is C13H15N3O7. The molecular weight excluding hydrogens is 310 g/mol. The molecule has 2 aliphatic heterocycles. The molecule has 124 valence electrons. The van der Waals surface area contributed by atoms with Crippen LogP contribution in [0.15, 0.2) is 21.9 Å². The summed E-state index contributed by atoms with van der Waals surface area (Å²) < 4.78 is 6.42. The monoisotopic (exact) mass is 325 g/mol. The molecule has 3 heterocycles. The van der Waals surface area contributed by atoms with Crippen LogP contribution in [0.3, 0.4) is 0 Å². The Hall–Kier alpha value is -2.30. The highest BCUT2D eigenvalue weighted by atomic mass is 16.5. The molecule has 0 aromatic carbocycles. The fourth-order valence-electron chi connectivity index (χ4n) is 2.94. The zero-order valence-electron chi connectivity index (χ0n) is 11.9. The third-order valence-corrected chi connectivity index (χ3v) is 4.03. The Morgan fingerprint density at radius 1 is 1.22 bits per heavy atom. The average Bonchev–Trinajstić information content (AvgIpc) is 2.99. The predicted molar refractivity (Wildman–Crippen MR) is 73.2 cm³/mol. The second-order valence-electron chi connectivity index (χ2n) is 5.40. The van der Waals surface area contributed by atoms with Crippen molar-refractivity contribution in [2.24, 2.45) is 0 Å². The van der Waals surface area contributed by atoms with Crippen molar-refractivity contribution in [1.82, 2.24) is 14.5 Å². The standard InChI is InChI=1S/C13H15N3O7/c17-5-6-11(21)10(16-8(19)1-2-9(16)20)12(23-6)15-4-3-7(18)14-13(15)22/h3-4,6,10-12,17,21H,1-2,5H2,(H,14,18,22). The van der Waals surface area contributed by atoms with Gasteiger partial charge in [0, 0.05) is 25.1 Å². The first-order valence-electron chi connectivity index (χ1n) is 7.05. The number of amides is 2. The van der Waals surface area contributed by atoms with Gasteiger partial charge in [-0.3, -0.25) is 28.8 Å². The molecule has 0 saturated carbocycles. The maximum absolute atomic E-state index is 12.0. The van der Waals surface area contributed by atoms with Crippen molar-refractivity contribution in [2.45, 2.75) is 37.3 Å². The Bertz CT molecular complexity index is 738. The van der Waals surface area contributed by atoms with Gasteiger partial charge in [0.05, 0.1) is 6.61 Å². The zero-order valence-corrected chi connectivity index (χ0v) is 11.9. The van der Waals surface area contributed by atoms with E-state index in [4.69, 9.17) is 4.74 Å². The number of carbonyl (C=O) groups excluding carboxylic acids is 2. The Balaban J connectivity index is 2.05. The van der Waals surface area contributed by atoms with Gasteiger partial charge in [-0.15, -0.1) is 0 Å². The maximum atomic E-state index is 12.0. The average molecular weight is 325 g/mol. The van der Waals surface area contributed by atoms with Crippen LogP contribution in [0.25, 0.3) is 0 Å². The fraction of sp³-hybridized carbons (Fsp3) is 0.538. The Morgan fingerprint density at radius 3 is 2.43 bits per heavy atom. The van der Waals surface area contributed by atoms with E-state index in [2.05, 4.69) is 0 Å². The van der Waals surface area contributed by atoms with Crippen LogP contribution in [0, 0.1) is 0 Å². The van der Waals surface area contributed by atoms with Gasteiger partial charge in [-0.25, -0.2) is 4.79 Å². The number of imide groups is 1. The lowest BCUT2D eigenvalue weighted by Gasteiger charge is -2.29. The highest BCUT2D eigenvalue weighted by molar-refractivity contribution is 6.02. The van der Waals surface area contributed by atoms with Crippen molar-refractivity contribution in [1.29, 1.82) is 0 Å². The third kappa shape index (κ3) is 2.50.